The molecule has 4 rings (SSSR count). The van der Waals surface area contributed by atoms with E-state index in [4.69, 9.17) is 21.1 Å². The molecule has 7 nitrogen and oxygen atoms in total. The summed E-state index contributed by atoms with van der Waals surface area (Å²) < 4.78 is 11.3. The summed E-state index contributed by atoms with van der Waals surface area (Å²) in [7, 11) is 0. The Kier molecular flexibility index (Phi) is 5.36. The van der Waals surface area contributed by atoms with Crippen molar-refractivity contribution in [3.05, 3.63) is 29.0 Å². The summed E-state index contributed by atoms with van der Waals surface area (Å²) in [5, 5.41) is 6.42. The van der Waals surface area contributed by atoms with Crippen LogP contribution in [0, 0.1) is 0 Å². The van der Waals surface area contributed by atoms with Crippen molar-refractivity contribution in [2.24, 2.45) is 0 Å². The lowest BCUT2D eigenvalue weighted by Crippen LogP contribution is -2.66. The maximum Gasteiger partial charge on any atom is 0.408 e. The van der Waals surface area contributed by atoms with Crippen molar-refractivity contribution in [2.45, 2.75) is 69.7 Å². The van der Waals surface area contributed by atoms with E-state index in [0.29, 0.717) is 43.9 Å². The van der Waals surface area contributed by atoms with Crippen molar-refractivity contribution in [3.63, 3.8) is 0 Å². The van der Waals surface area contributed by atoms with Crippen molar-refractivity contribution in [2.75, 3.05) is 6.61 Å². The molecule has 8 heteroatoms. The number of alkyl carbamates (subject to hydrolysis) is 1. The fourth-order valence-electron chi connectivity index (χ4n) is 3.51. The number of hydrogen-bond donors (Lipinski definition) is 2. The predicted octanol–water partition coefficient (Wildman–Crippen LogP) is 2.96. The Hall–Kier alpha value is -1.86. The summed E-state index contributed by atoms with van der Waals surface area (Å²) >= 11 is 5.82. The Morgan fingerprint density at radius 3 is 2.48 bits per heavy atom. The number of carbonyl (C=O) groups excluding carboxylic acids is 2. The highest BCUT2D eigenvalue weighted by molar-refractivity contribution is 6.30. The predicted molar refractivity (Wildman–Crippen MR) is 100 cm³/mol. The van der Waals surface area contributed by atoms with Gasteiger partial charge in [0, 0.05) is 6.20 Å². The monoisotopic (exact) mass is 395 g/mol. The Morgan fingerprint density at radius 1 is 1.26 bits per heavy atom. The molecule has 3 heterocycles. The second-order valence-electron chi connectivity index (χ2n) is 8.34. The molecular formula is C19H26ClN3O4. The van der Waals surface area contributed by atoms with Crippen molar-refractivity contribution < 1.29 is 19.1 Å². The van der Waals surface area contributed by atoms with E-state index in [0.717, 1.165) is 5.69 Å². The van der Waals surface area contributed by atoms with Crippen LogP contribution in [0.1, 0.15) is 52.1 Å². The lowest BCUT2D eigenvalue weighted by molar-refractivity contribution is -0.180. The van der Waals surface area contributed by atoms with Gasteiger partial charge in [0.1, 0.15) is 11.2 Å². The molecule has 0 spiro atoms. The maximum absolute atomic E-state index is 12.7. The highest BCUT2D eigenvalue weighted by Gasteiger charge is 2.54. The van der Waals surface area contributed by atoms with E-state index in [9.17, 15) is 9.59 Å². The average molecular weight is 396 g/mol. The molecule has 2 N–H and O–H groups in total. The number of nitrogens with zero attached hydrogens (tertiary/aromatic N) is 1. The summed E-state index contributed by atoms with van der Waals surface area (Å²) in [6.07, 6.45) is 3.58. The third-order valence-electron chi connectivity index (χ3n) is 5.04. The first kappa shape index (κ1) is 19.9. The number of halogens is 1. The second-order valence-corrected chi connectivity index (χ2v) is 8.78. The van der Waals surface area contributed by atoms with Gasteiger partial charge in [0.25, 0.3) is 5.91 Å². The third-order valence-corrected chi connectivity index (χ3v) is 5.26. The lowest BCUT2D eigenvalue weighted by atomic mass is 9.70. The zero-order chi connectivity index (χ0) is 19.7. The van der Waals surface area contributed by atoms with Gasteiger partial charge in [0.2, 0.25) is 0 Å². The number of carbonyl (C=O) groups is 2. The zero-order valence-corrected chi connectivity index (χ0v) is 16.7. The van der Waals surface area contributed by atoms with Crippen LogP contribution < -0.4 is 10.6 Å². The molecule has 1 aromatic heterocycles. The van der Waals surface area contributed by atoms with Gasteiger partial charge in [-0.15, -0.1) is 0 Å². The van der Waals surface area contributed by atoms with Crippen molar-refractivity contribution >= 4 is 23.6 Å². The number of ether oxygens (including phenoxy) is 2. The van der Waals surface area contributed by atoms with Gasteiger partial charge in [-0.05, 0) is 58.6 Å². The first-order valence-electron chi connectivity index (χ1n) is 9.15. The number of rotatable bonds is 4. The van der Waals surface area contributed by atoms with E-state index in [-0.39, 0.29) is 5.91 Å². The van der Waals surface area contributed by atoms with Crippen LogP contribution in [0.2, 0.25) is 5.02 Å². The standard InChI is InChI=1S/C19H26ClN3O4/c1-17(2,3)27-16(25)23-18-6-8-19(9-7-18,26-12-18)15(24)22-11-14-5-4-13(20)10-21-14/h4-5,10H,6-9,11-12H2,1-3H3,(H,22,24)(H,23,25). The van der Waals surface area contributed by atoms with Crippen molar-refractivity contribution in [3.8, 4) is 0 Å². The summed E-state index contributed by atoms with van der Waals surface area (Å²) in [5.41, 5.74) is -1.10. The van der Waals surface area contributed by atoms with E-state index >= 15 is 0 Å². The second kappa shape index (κ2) is 7.28. The normalized spacial score (nSPS) is 27.1. The van der Waals surface area contributed by atoms with E-state index in [1.807, 2.05) is 20.8 Å². The van der Waals surface area contributed by atoms with Crippen LogP contribution in [-0.4, -0.2) is 40.3 Å². The average Bonchev–Trinajstić information content (AvgIpc) is 2.60. The van der Waals surface area contributed by atoms with Gasteiger partial charge in [0.15, 0.2) is 0 Å². The van der Waals surface area contributed by atoms with Gasteiger partial charge in [-0.25, -0.2) is 4.79 Å². The Bertz CT molecular complexity index is 690. The highest BCUT2D eigenvalue weighted by Crippen LogP contribution is 2.44. The smallest absolute Gasteiger partial charge is 0.408 e. The number of pyridine rings is 1. The van der Waals surface area contributed by atoms with Gasteiger partial charge in [0.05, 0.1) is 29.4 Å². The third kappa shape index (κ3) is 4.71. The van der Waals surface area contributed by atoms with Crippen molar-refractivity contribution in [1.29, 1.82) is 0 Å². The Morgan fingerprint density at radius 2 is 1.96 bits per heavy atom. The SMILES string of the molecule is CC(C)(C)OC(=O)NC12CCC(C(=O)NCc3ccc(Cl)cn3)(CC1)OC2. The summed E-state index contributed by atoms with van der Waals surface area (Å²) in [5.74, 6) is -0.134. The van der Waals surface area contributed by atoms with E-state index in [2.05, 4.69) is 15.6 Å². The fourth-order valence-corrected chi connectivity index (χ4v) is 3.63. The molecular weight excluding hydrogens is 370 g/mol. The minimum atomic E-state index is -0.830. The molecule has 0 atom stereocenters. The number of hydrogen-bond acceptors (Lipinski definition) is 5. The fraction of sp³-hybridized carbons (Fsp3) is 0.632. The summed E-state index contributed by atoms with van der Waals surface area (Å²) in [6, 6.07) is 3.52. The topological polar surface area (TPSA) is 89.5 Å². The maximum atomic E-state index is 12.7. The molecule has 3 aliphatic rings. The molecule has 148 valence electrons. The molecule has 1 aliphatic carbocycles. The van der Waals surface area contributed by atoms with Crippen LogP contribution in [0.25, 0.3) is 0 Å². The largest absolute Gasteiger partial charge is 0.444 e. The minimum Gasteiger partial charge on any atom is -0.444 e. The molecule has 0 radical (unpaired) electrons. The van der Waals surface area contributed by atoms with Crippen LogP contribution in [-0.2, 0) is 20.8 Å². The zero-order valence-electron chi connectivity index (χ0n) is 15.9. The van der Waals surface area contributed by atoms with Crippen LogP contribution in [0.3, 0.4) is 0 Å². The summed E-state index contributed by atoms with van der Waals surface area (Å²) in [4.78, 5) is 29.0. The number of nitrogens with one attached hydrogen (secondary N) is 2. The van der Waals surface area contributed by atoms with Crippen LogP contribution in [0.15, 0.2) is 18.3 Å². The van der Waals surface area contributed by atoms with Gasteiger partial charge in [-0.3, -0.25) is 9.78 Å². The van der Waals surface area contributed by atoms with Crippen LogP contribution >= 0.6 is 11.6 Å². The first-order chi connectivity index (χ1) is 12.6. The molecule has 2 aliphatic heterocycles. The molecule has 0 aromatic carbocycles. The number of aromatic nitrogens is 1. The molecule has 2 bridgehead atoms. The molecule has 1 aromatic rings. The lowest BCUT2D eigenvalue weighted by Gasteiger charge is -2.52. The molecule has 1 saturated carbocycles. The highest BCUT2D eigenvalue weighted by atomic mass is 35.5. The van der Waals surface area contributed by atoms with Gasteiger partial charge in [-0.1, -0.05) is 11.6 Å². The summed E-state index contributed by atoms with van der Waals surface area (Å²) in [6.45, 7) is 6.11. The van der Waals surface area contributed by atoms with E-state index in [1.165, 1.54) is 0 Å². The molecule has 3 fully saturated rings. The van der Waals surface area contributed by atoms with Gasteiger partial charge in [-0.2, -0.15) is 0 Å². The Balaban J connectivity index is 1.54. The van der Waals surface area contributed by atoms with E-state index in [1.54, 1.807) is 18.3 Å². The number of amides is 2. The van der Waals surface area contributed by atoms with E-state index < -0.39 is 22.8 Å². The van der Waals surface area contributed by atoms with Crippen LogP contribution in [0.5, 0.6) is 0 Å². The quantitative estimate of drug-likeness (QED) is 0.818. The van der Waals surface area contributed by atoms with Gasteiger partial charge >= 0.3 is 6.09 Å². The Labute approximate surface area is 164 Å². The molecule has 27 heavy (non-hydrogen) atoms. The molecule has 2 saturated heterocycles. The number of fused-ring (bicyclic) bond motifs is 3. The first-order valence-corrected chi connectivity index (χ1v) is 9.53. The minimum absolute atomic E-state index is 0.134. The molecule has 2 amide bonds. The molecule has 0 unspecified atom stereocenters. The van der Waals surface area contributed by atoms with Crippen molar-refractivity contribution in [1.82, 2.24) is 15.6 Å². The van der Waals surface area contributed by atoms with Gasteiger partial charge < -0.3 is 20.1 Å². The van der Waals surface area contributed by atoms with Crippen LogP contribution in [0.4, 0.5) is 4.79 Å².